The fourth-order valence-electron chi connectivity index (χ4n) is 2.87. The van der Waals surface area contributed by atoms with Gasteiger partial charge in [-0.05, 0) is 42.7 Å². The number of benzene rings is 1. The van der Waals surface area contributed by atoms with Gasteiger partial charge in [0.15, 0.2) is 5.96 Å². The number of amides is 1. The van der Waals surface area contributed by atoms with Crippen LogP contribution < -0.4 is 16.4 Å². The van der Waals surface area contributed by atoms with Gasteiger partial charge < -0.3 is 31.1 Å². The number of nitrogens with two attached hydrogens (primary N) is 1. The summed E-state index contributed by atoms with van der Waals surface area (Å²) >= 11 is 6.01. The quantitative estimate of drug-likeness (QED) is 0.212. The molecule has 6 N–H and O–H groups in total. The van der Waals surface area contributed by atoms with Gasteiger partial charge >= 0.3 is 0 Å². The fraction of sp³-hybridized carbons (Fsp3) is 0.304. The maximum Gasteiger partial charge on any atom is 0.253 e. The first-order valence-electron chi connectivity index (χ1n) is 10.2. The maximum atomic E-state index is 12.7. The monoisotopic (exact) mass is 459 g/mol. The molecule has 1 unspecified atom stereocenters. The Morgan fingerprint density at radius 1 is 1.31 bits per heavy atom. The van der Waals surface area contributed by atoms with Gasteiger partial charge in [-0.3, -0.25) is 4.79 Å². The van der Waals surface area contributed by atoms with Crippen LogP contribution in [0.3, 0.4) is 0 Å². The number of allylic oxidation sites excluding steroid dienone is 2. The molecule has 0 spiro atoms. The van der Waals surface area contributed by atoms with E-state index in [1.54, 1.807) is 53.5 Å². The van der Waals surface area contributed by atoms with Crippen LogP contribution in [0.2, 0.25) is 5.02 Å². The number of carbonyl (C=O) groups is 1. The van der Waals surface area contributed by atoms with Crippen molar-refractivity contribution in [3.05, 3.63) is 77.2 Å². The van der Waals surface area contributed by atoms with Gasteiger partial charge in [-0.25, -0.2) is 4.99 Å². The Morgan fingerprint density at radius 3 is 2.69 bits per heavy atom. The number of aliphatic imine (C=N–C) groups is 1. The Balaban J connectivity index is 2.06. The van der Waals surface area contributed by atoms with Crippen LogP contribution in [-0.4, -0.2) is 45.9 Å². The smallest absolute Gasteiger partial charge is 0.253 e. The van der Waals surface area contributed by atoms with E-state index in [0.29, 0.717) is 28.3 Å². The first-order chi connectivity index (χ1) is 15.3. The highest BCUT2D eigenvalue weighted by Gasteiger charge is 2.16. The molecular formula is C23H30ClN5O3. The molecule has 0 radical (unpaired) electrons. The molecule has 172 valence electrons. The number of halogens is 1. The minimum absolute atomic E-state index is 0.0369. The van der Waals surface area contributed by atoms with Crippen molar-refractivity contribution < 1.29 is 15.0 Å². The van der Waals surface area contributed by atoms with Crippen molar-refractivity contribution in [1.82, 2.24) is 15.2 Å². The van der Waals surface area contributed by atoms with Gasteiger partial charge in [-0.15, -0.1) is 0 Å². The molecule has 2 atom stereocenters. The summed E-state index contributed by atoms with van der Waals surface area (Å²) < 4.78 is 1.70. The Bertz CT molecular complexity index is 995. The molecule has 1 heterocycles. The average molecular weight is 460 g/mol. The van der Waals surface area contributed by atoms with Gasteiger partial charge in [-0.2, -0.15) is 0 Å². The molecule has 2 rings (SSSR count). The highest BCUT2D eigenvalue weighted by atomic mass is 35.5. The lowest BCUT2D eigenvalue weighted by molar-refractivity contribution is 0.0916. The van der Waals surface area contributed by atoms with Crippen molar-refractivity contribution in [1.29, 1.82) is 0 Å². The van der Waals surface area contributed by atoms with Crippen LogP contribution in [0, 0.1) is 0 Å². The highest BCUT2D eigenvalue weighted by molar-refractivity contribution is 6.30. The number of nitrogens with one attached hydrogen (secondary N) is 2. The Morgan fingerprint density at radius 2 is 2.06 bits per heavy atom. The molecule has 0 bridgehead atoms. The summed E-state index contributed by atoms with van der Waals surface area (Å²) in [6.45, 7) is 7.50. The number of guanidine groups is 1. The summed E-state index contributed by atoms with van der Waals surface area (Å²) in [6, 6.07) is 7.91. The molecule has 1 aromatic heterocycles. The third kappa shape index (κ3) is 6.98. The number of carbonyl (C=O) groups excluding carboxylic acids is 1. The number of aliphatic hydroxyl groups is 2. The second-order valence-corrected chi connectivity index (χ2v) is 7.71. The van der Waals surface area contributed by atoms with E-state index in [-0.39, 0.29) is 31.1 Å². The SMILES string of the molecule is C=C(/C(C)=C\N=C(/N)N[C@H](CC)CO)n1ccc(C(=O)NC(CO)c2cccc(Cl)c2)c1. The predicted octanol–water partition coefficient (Wildman–Crippen LogP) is 2.65. The highest BCUT2D eigenvalue weighted by Crippen LogP contribution is 2.19. The van der Waals surface area contributed by atoms with E-state index in [4.69, 9.17) is 17.3 Å². The maximum absolute atomic E-state index is 12.7. The van der Waals surface area contributed by atoms with Crippen molar-refractivity contribution in [3.63, 3.8) is 0 Å². The Hall–Kier alpha value is -3.07. The number of aliphatic hydroxyl groups excluding tert-OH is 2. The van der Waals surface area contributed by atoms with E-state index in [1.807, 2.05) is 13.8 Å². The van der Waals surface area contributed by atoms with Gasteiger partial charge in [0.25, 0.3) is 5.91 Å². The van der Waals surface area contributed by atoms with Gasteiger partial charge in [0.1, 0.15) is 0 Å². The molecular weight excluding hydrogens is 430 g/mol. The number of aromatic nitrogens is 1. The molecule has 1 aromatic carbocycles. The molecule has 0 aliphatic carbocycles. The van der Waals surface area contributed by atoms with Crippen LogP contribution in [0.1, 0.15) is 42.2 Å². The zero-order valence-corrected chi connectivity index (χ0v) is 19.0. The summed E-state index contributed by atoms with van der Waals surface area (Å²) in [4.78, 5) is 16.8. The fourth-order valence-corrected chi connectivity index (χ4v) is 3.06. The van der Waals surface area contributed by atoms with Crippen LogP contribution >= 0.6 is 11.6 Å². The van der Waals surface area contributed by atoms with Crippen molar-refractivity contribution >= 4 is 29.2 Å². The molecule has 1 amide bonds. The first kappa shape index (κ1) is 25.2. The number of nitrogens with zero attached hydrogens (tertiary/aromatic N) is 2. The van der Waals surface area contributed by atoms with Crippen LogP contribution in [0.5, 0.6) is 0 Å². The number of hydrogen-bond donors (Lipinski definition) is 5. The summed E-state index contributed by atoms with van der Waals surface area (Å²) in [5.74, 6) is -0.139. The van der Waals surface area contributed by atoms with Crippen molar-refractivity contribution in [2.45, 2.75) is 32.4 Å². The lowest BCUT2D eigenvalue weighted by Gasteiger charge is -2.16. The molecule has 32 heavy (non-hydrogen) atoms. The zero-order chi connectivity index (χ0) is 23.7. The molecule has 0 aliphatic rings. The zero-order valence-electron chi connectivity index (χ0n) is 18.3. The summed E-state index contributed by atoms with van der Waals surface area (Å²) in [5.41, 5.74) is 8.32. The van der Waals surface area contributed by atoms with Crippen molar-refractivity contribution in [2.24, 2.45) is 10.7 Å². The molecule has 0 saturated heterocycles. The third-order valence-corrected chi connectivity index (χ3v) is 5.16. The van der Waals surface area contributed by atoms with Crippen LogP contribution in [-0.2, 0) is 0 Å². The van der Waals surface area contributed by atoms with E-state index in [2.05, 4.69) is 22.2 Å². The third-order valence-electron chi connectivity index (χ3n) is 4.92. The van der Waals surface area contributed by atoms with E-state index >= 15 is 0 Å². The number of hydrogen-bond acceptors (Lipinski definition) is 4. The topological polar surface area (TPSA) is 125 Å². The standard InChI is InChI=1S/C23H30ClN5O3/c1-4-20(13-30)27-23(25)26-11-15(2)16(3)29-9-8-18(12-29)22(32)28-21(14-31)17-6-5-7-19(24)10-17/h5-12,20-21,30-31H,3-4,13-14H2,1-2H3,(H,28,32)(H3,25,26,27)/b15-11-/t20-,21?/m1/s1. The van der Waals surface area contributed by atoms with Crippen molar-refractivity contribution in [3.8, 4) is 0 Å². The molecule has 2 aromatic rings. The van der Waals surface area contributed by atoms with E-state index in [9.17, 15) is 15.0 Å². The Kier molecular flexibility index (Phi) is 9.52. The normalized spacial score (nSPS) is 14.0. The van der Waals surface area contributed by atoms with Gasteiger partial charge in [0.05, 0.1) is 30.9 Å². The van der Waals surface area contributed by atoms with Crippen LogP contribution in [0.4, 0.5) is 0 Å². The largest absolute Gasteiger partial charge is 0.394 e. The van der Waals surface area contributed by atoms with E-state index in [1.165, 1.54) is 0 Å². The van der Waals surface area contributed by atoms with Crippen LogP contribution in [0.25, 0.3) is 5.70 Å². The summed E-state index contributed by atoms with van der Waals surface area (Å²) in [7, 11) is 0. The van der Waals surface area contributed by atoms with Gasteiger partial charge in [-0.1, -0.05) is 37.2 Å². The summed E-state index contributed by atoms with van der Waals surface area (Å²) in [6.07, 6.45) is 5.64. The lowest BCUT2D eigenvalue weighted by Crippen LogP contribution is -2.41. The van der Waals surface area contributed by atoms with E-state index < -0.39 is 6.04 Å². The number of rotatable bonds is 10. The lowest BCUT2D eigenvalue weighted by atomic mass is 10.1. The van der Waals surface area contributed by atoms with Gasteiger partial charge in [0.2, 0.25) is 0 Å². The Labute approximate surface area is 193 Å². The predicted molar refractivity (Wildman–Crippen MR) is 128 cm³/mol. The molecule has 9 heteroatoms. The minimum Gasteiger partial charge on any atom is -0.394 e. The molecule has 0 aliphatic heterocycles. The molecule has 8 nitrogen and oxygen atoms in total. The van der Waals surface area contributed by atoms with Gasteiger partial charge in [0, 0.05) is 29.3 Å². The van der Waals surface area contributed by atoms with Crippen molar-refractivity contribution in [2.75, 3.05) is 13.2 Å². The van der Waals surface area contributed by atoms with Crippen LogP contribution in [0.15, 0.2) is 66.1 Å². The van der Waals surface area contributed by atoms with E-state index in [0.717, 1.165) is 5.57 Å². The first-order valence-corrected chi connectivity index (χ1v) is 10.6. The second kappa shape index (κ2) is 12.1. The summed E-state index contributed by atoms with van der Waals surface area (Å²) in [5, 5.41) is 25.2. The minimum atomic E-state index is -0.579. The second-order valence-electron chi connectivity index (χ2n) is 7.28. The molecule has 0 saturated carbocycles. The molecule has 0 fully saturated rings. The average Bonchev–Trinajstić information content (AvgIpc) is 3.29.